The fraction of sp³-hybridized carbons (Fsp3) is 0.474. The number of nitrogens with one attached hydrogen (secondary N) is 1. The number of halogens is 3. The average molecular weight is 482 g/mol. The molecule has 5 N–H and O–H groups in total. The standard InChI is InChI=1S/C17H24N2O7.C2HF3O2/c1-2-24-17(23)11-26-14-8-12(3-4-15(20)19-6-5-18)7-13(9-14)25-10-16(21)22;3-2(4,5)1(6)7/h7-9H,2-6,10-11,18H2,1H3,(H,19,20)(H,21,22);(H,6,7). The summed E-state index contributed by atoms with van der Waals surface area (Å²) in [6.45, 7) is 1.88. The fourth-order valence-electron chi connectivity index (χ4n) is 1.99. The fourth-order valence-corrected chi connectivity index (χ4v) is 1.99. The summed E-state index contributed by atoms with van der Waals surface area (Å²) in [5.41, 5.74) is 6.03. The van der Waals surface area contributed by atoms with Crippen LogP contribution in [0.15, 0.2) is 18.2 Å². The molecule has 11 nitrogen and oxygen atoms in total. The molecule has 0 aromatic heterocycles. The smallest absolute Gasteiger partial charge is 0.482 e. The minimum absolute atomic E-state index is 0.152. The number of nitrogens with two attached hydrogens (primary N) is 1. The molecule has 0 saturated carbocycles. The van der Waals surface area contributed by atoms with Gasteiger partial charge in [0.1, 0.15) is 11.5 Å². The number of carbonyl (C=O) groups is 4. The number of amides is 1. The summed E-state index contributed by atoms with van der Waals surface area (Å²) in [5, 5.41) is 18.5. The molecule has 0 heterocycles. The van der Waals surface area contributed by atoms with E-state index in [1.807, 2.05) is 0 Å². The van der Waals surface area contributed by atoms with Gasteiger partial charge in [-0.1, -0.05) is 0 Å². The largest absolute Gasteiger partial charge is 0.490 e. The third-order valence-electron chi connectivity index (χ3n) is 3.31. The number of hydrogen-bond acceptors (Lipinski definition) is 8. The normalized spacial score (nSPS) is 10.3. The number of carbonyl (C=O) groups excluding carboxylic acids is 2. The van der Waals surface area contributed by atoms with Gasteiger partial charge in [-0.25, -0.2) is 14.4 Å². The predicted octanol–water partition coefficient (Wildman–Crippen LogP) is 0.733. The second kappa shape index (κ2) is 15.3. The quantitative estimate of drug-likeness (QED) is 0.311. The zero-order valence-corrected chi connectivity index (χ0v) is 17.6. The third kappa shape index (κ3) is 15.0. The molecule has 1 amide bonds. The van der Waals surface area contributed by atoms with Crippen LogP contribution in [-0.2, 0) is 30.3 Å². The predicted molar refractivity (Wildman–Crippen MR) is 106 cm³/mol. The van der Waals surface area contributed by atoms with Crippen molar-refractivity contribution in [2.75, 3.05) is 32.9 Å². The Morgan fingerprint density at radius 3 is 2.03 bits per heavy atom. The van der Waals surface area contributed by atoms with Gasteiger partial charge in [-0.2, -0.15) is 13.2 Å². The van der Waals surface area contributed by atoms with Crippen molar-refractivity contribution in [2.45, 2.75) is 25.9 Å². The molecule has 1 aromatic rings. The van der Waals surface area contributed by atoms with Gasteiger partial charge in [-0.15, -0.1) is 0 Å². The van der Waals surface area contributed by atoms with Gasteiger partial charge in [0.25, 0.3) is 0 Å². The Hall–Kier alpha value is -3.55. The van der Waals surface area contributed by atoms with E-state index in [-0.39, 0.29) is 31.3 Å². The molecule has 1 aromatic carbocycles. The number of hydrogen-bond donors (Lipinski definition) is 4. The maximum Gasteiger partial charge on any atom is 0.490 e. The molecule has 0 aliphatic carbocycles. The first-order chi connectivity index (χ1) is 15.4. The highest BCUT2D eigenvalue weighted by molar-refractivity contribution is 5.76. The van der Waals surface area contributed by atoms with Gasteiger partial charge in [0.2, 0.25) is 5.91 Å². The molecule has 0 bridgehead atoms. The lowest BCUT2D eigenvalue weighted by atomic mass is 10.1. The minimum Gasteiger partial charge on any atom is -0.482 e. The van der Waals surface area contributed by atoms with E-state index in [9.17, 15) is 27.6 Å². The van der Waals surface area contributed by atoms with Crippen LogP contribution in [0.25, 0.3) is 0 Å². The third-order valence-corrected chi connectivity index (χ3v) is 3.31. The molecule has 0 radical (unpaired) electrons. The number of carboxylic acids is 2. The summed E-state index contributed by atoms with van der Waals surface area (Å²) >= 11 is 0. The Kier molecular flexibility index (Phi) is 13.6. The number of aliphatic carboxylic acids is 2. The second-order valence-corrected chi connectivity index (χ2v) is 6.03. The molecule has 0 fully saturated rings. The Balaban J connectivity index is 0.00000126. The van der Waals surface area contributed by atoms with Crippen LogP contribution in [0.2, 0.25) is 0 Å². The summed E-state index contributed by atoms with van der Waals surface area (Å²) in [5.74, 6) is -3.96. The maximum absolute atomic E-state index is 11.7. The molecular weight excluding hydrogens is 457 g/mol. The van der Waals surface area contributed by atoms with E-state index < -0.39 is 30.7 Å². The maximum atomic E-state index is 11.7. The number of carboxylic acid groups (broad SMARTS) is 2. The monoisotopic (exact) mass is 482 g/mol. The summed E-state index contributed by atoms with van der Waals surface area (Å²) in [4.78, 5) is 42.6. The highest BCUT2D eigenvalue weighted by atomic mass is 19.4. The molecule has 186 valence electrons. The van der Waals surface area contributed by atoms with Crippen LogP contribution in [0.1, 0.15) is 18.9 Å². The first kappa shape index (κ1) is 29.5. The number of aryl methyl sites for hydroxylation is 1. The Labute approximate surface area is 186 Å². The lowest BCUT2D eigenvalue weighted by Gasteiger charge is -2.11. The van der Waals surface area contributed by atoms with Crippen molar-refractivity contribution < 1.29 is 56.8 Å². The van der Waals surface area contributed by atoms with Gasteiger partial charge in [0, 0.05) is 25.6 Å². The van der Waals surface area contributed by atoms with Crippen LogP contribution < -0.4 is 20.5 Å². The zero-order valence-electron chi connectivity index (χ0n) is 17.6. The van der Waals surface area contributed by atoms with Crippen molar-refractivity contribution in [1.82, 2.24) is 5.32 Å². The van der Waals surface area contributed by atoms with Gasteiger partial charge < -0.3 is 35.5 Å². The van der Waals surface area contributed by atoms with Gasteiger partial charge in [0.05, 0.1) is 6.61 Å². The topological polar surface area (TPSA) is 174 Å². The van der Waals surface area contributed by atoms with Crippen LogP contribution in [-0.4, -0.2) is 73.1 Å². The molecule has 0 spiro atoms. The molecule has 14 heteroatoms. The summed E-state index contributed by atoms with van der Waals surface area (Å²) < 4.78 is 47.0. The first-order valence-corrected chi connectivity index (χ1v) is 9.42. The molecule has 0 aliphatic rings. The van der Waals surface area contributed by atoms with E-state index in [1.165, 1.54) is 6.07 Å². The van der Waals surface area contributed by atoms with Crippen molar-refractivity contribution in [3.05, 3.63) is 23.8 Å². The van der Waals surface area contributed by atoms with Crippen molar-refractivity contribution in [1.29, 1.82) is 0 Å². The molecule has 0 atom stereocenters. The molecule has 0 aliphatic heterocycles. The molecule has 1 rings (SSSR count). The van der Waals surface area contributed by atoms with E-state index in [0.29, 0.717) is 30.8 Å². The van der Waals surface area contributed by atoms with E-state index in [1.54, 1.807) is 19.1 Å². The highest BCUT2D eigenvalue weighted by Gasteiger charge is 2.38. The van der Waals surface area contributed by atoms with Gasteiger partial charge >= 0.3 is 24.1 Å². The van der Waals surface area contributed by atoms with Crippen LogP contribution in [0.5, 0.6) is 11.5 Å². The number of ether oxygens (including phenoxy) is 3. The van der Waals surface area contributed by atoms with E-state index in [4.69, 9.17) is 35.0 Å². The van der Waals surface area contributed by atoms with Crippen LogP contribution in [0.3, 0.4) is 0 Å². The zero-order chi connectivity index (χ0) is 25.4. The van der Waals surface area contributed by atoms with Crippen LogP contribution >= 0.6 is 0 Å². The van der Waals surface area contributed by atoms with E-state index in [0.717, 1.165) is 0 Å². The van der Waals surface area contributed by atoms with Gasteiger partial charge in [-0.3, -0.25) is 4.79 Å². The minimum atomic E-state index is -5.08. The van der Waals surface area contributed by atoms with Gasteiger partial charge in [-0.05, 0) is 31.0 Å². The van der Waals surface area contributed by atoms with E-state index >= 15 is 0 Å². The van der Waals surface area contributed by atoms with Crippen molar-refractivity contribution in [2.24, 2.45) is 5.73 Å². The summed E-state index contributed by atoms with van der Waals surface area (Å²) in [6, 6.07) is 4.75. The van der Waals surface area contributed by atoms with Crippen LogP contribution in [0, 0.1) is 0 Å². The van der Waals surface area contributed by atoms with Crippen molar-refractivity contribution >= 4 is 23.8 Å². The van der Waals surface area contributed by atoms with Crippen molar-refractivity contribution in [3.8, 4) is 11.5 Å². The highest BCUT2D eigenvalue weighted by Crippen LogP contribution is 2.24. The number of alkyl halides is 3. The number of benzene rings is 1. The Morgan fingerprint density at radius 2 is 1.58 bits per heavy atom. The molecule has 33 heavy (non-hydrogen) atoms. The molecular formula is C19H25F3N2O9. The second-order valence-electron chi connectivity index (χ2n) is 6.03. The number of esters is 1. The summed E-state index contributed by atoms with van der Waals surface area (Å²) in [6.07, 6.45) is -4.48. The summed E-state index contributed by atoms with van der Waals surface area (Å²) in [7, 11) is 0. The lowest BCUT2D eigenvalue weighted by molar-refractivity contribution is -0.192. The molecule has 0 saturated heterocycles. The van der Waals surface area contributed by atoms with Crippen LogP contribution in [0.4, 0.5) is 13.2 Å². The van der Waals surface area contributed by atoms with E-state index in [2.05, 4.69) is 5.32 Å². The Morgan fingerprint density at radius 1 is 1.03 bits per heavy atom. The molecule has 0 unspecified atom stereocenters. The SMILES string of the molecule is CCOC(=O)COc1cc(CCC(=O)NCCN)cc(OCC(=O)O)c1.O=C(O)C(F)(F)F. The van der Waals surface area contributed by atoms with Crippen molar-refractivity contribution in [3.63, 3.8) is 0 Å². The average Bonchev–Trinajstić information content (AvgIpc) is 2.73. The van der Waals surface area contributed by atoms with Gasteiger partial charge in [0.15, 0.2) is 13.2 Å². The number of rotatable bonds is 12. The lowest BCUT2D eigenvalue weighted by Crippen LogP contribution is -2.29. The first-order valence-electron chi connectivity index (χ1n) is 9.42. The Bertz CT molecular complexity index is 801.